The van der Waals surface area contributed by atoms with Crippen LogP contribution in [-0.2, 0) is 14.3 Å². The second kappa shape index (κ2) is 59.4. The molecule has 0 rings (SSSR count). The molecule has 0 spiro atoms. The van der Waals surface area contributed by atoms with Crippen LogP contribution in [0.3, 0.4) is 0 Å². The number of carbonyl (C=O) groups is 2. The molecule has 0 saturated heterocycles. The topological polar surface area (TPSA) is 95.9 Å². The molecule has 0 aromatic heterocycles. The fraction of sp³-hybridized carbons (Fsp3) is 0.844. The first-order valence-corrected chi connectivity index (χ1v) is 30.9. The van der Waals surface area contributed by atoms with Crippen LogP contribution in [0.1, 0.15) is 322 Å². The number of hydrogen-bond acceptors (Lipinski definition) is 5. The first-order chi connectivity index (χ1) is 34.5. The number of ether oxygens (including phenoxy) is 1. The molecule has 0 bridgehead atoms. The van der Waals surface area contributed by atoms with Crippen molar-refractivity contribution in [3.8, 4) is 0 Å². The molecular formula is C64H119NO5. The molecule has 0 aliphatic carbocycles. The highest BCUT2D eigenvalue weighted by Crippen LogP contribution is 2.17. The predicted molar refractivity (Wildman–Crippen MR) is 306 cm³/mol. The standard InChI is InChI=1S/C64H119NO5/c1-3-5-7-9-11-13-15-17-19-20-21-22-23-24-25-26-27-28-30-32-36-40-44-48-52-56-62(67)61(60-66)65-63(68)57-53-49-45-41-37-33-31-35-39-43-47-51-55-59-70-64(69)58-54-50-46-42-38-34-29-18-16-14-12-10-8-6-4-2/h12,14,18,29,33,37,45,49,61-62,66-67H,3-11,13,15-17,19-28,30-32,34-36,38-44,46-48,50-60H2,1-2H3,(H,65,68)/b14-12-,29-18-,37-33-,49-45-. The second-order valence-electron chi connectivity index (χ2n) is 21.0. The summed E-state index contributed by atoms with van der Waals surface area (Å²) in [5.74, 6) is -0.145. The molecule has 2 atom stereocenters. The van der Waals surface area contributed by atoms with Gasteiger partial charge in [0, 0.05) is 12.8 Å². The smallest absolute Gasteiger partial charge is 0.305 e. The molecular weight excluding hydrogens is 863 g/mol. The molecule has 0 aliphatic rings. The first-order valence-electron chi connectivity index (χ1n) is 30.9. The second-order valence-corrected chi connectivity index (χ2v) is 21.0. The normalized spacial score (nSPS) is 12.9. The van der Waals surface area contributed by atoms with Gasteiger partial charge in [-0.25, -0.2) is 0 Å². The van der Waals surface area contributed by atoms with Crippen molar-refractivity contribution in [2.24, 2.45) is 0 Å². The van der Waals surface area contributed by atoms with Crippen molar-refractivity contribution in [3.63, 3.8) is 0 Å². The van der Waals surface area contributed by atoms with Crippen LogP contribution >= 0.6 is 0 Å². The van der Waals surface area contributed by atoms with E-state index in [-0.39, 0.29) is 18.5 Å². The van der Waals surface area contributed by atoms with Crippen LogP contribution in [0.25, 0.3) is 0 Å². The quantitative estimate of drug-likeness (QED) is 0.0321. The highest BCUT2D eigenvalue weighted by molar-refractivity contribution is 5.76. The molecule has 0 aromatic carbocycles. The Bertz CT molecular complexity index is 1180. The number of carbonyl (C=O) groups excluding carboxylic acids is 2. The van der Waals surface area contributed by atoms with Crippen LogP contribution < -0.4 is 5.32 Å². The lowest BCUT2D eigenvalue weighted by Gasteiger charge is -2.22. The Kier molecular flexibility index (Phi) is 57.5. The summed E-state index contributed by atoms with van der Waals surface area (Å²) < 4.78 is 5.45. The van der Waals surface area contributed by atoms with E-state index in [2.05, 4.69) is 61.7 Å². The summed E-state index contributed by atoms with van der Waals surface area (Å²) >= 11 is 0. The summed E-state index contributed by atoms with van der Waals surface area (Å²) in [7, 11) is 0. The maximum absolute atomic E-state index is 12.5. The third-order valence-electron chi connectivity index (χ3n) is 14.1. The Morgan fingerprint density at radius 1 is 0.400 bits per heavy atom. The number of aliphatic hydroxyl groups excluding tert-OH is 2. The Morgan fingerprint density at radius 2 is 0.729 bits per heavy atom. The van der Waals surface area contributed by atoms with Gasteiger partial charge in [0.15, 0.2) is 0 Å². The minimum absolute atomic E-state index is 0.0307. The van der Waals surface area contributed by atoms with Crippen LogP contribution in [-0.4, -0.2) is 47.4 Å². The van der Waals surface area contributed by atoms with E-state index in [1.807, 2.05) is 6.08 Å². The van der Waals surface area contributed by atoms with E-state index in [4.69, 9.17) is 4.74 Å². The Morgan fingerprint density at radius 3 is 1.14 bits per heavy atom. The van der Waals surface area contributed by atoms with Crippen LogP contribution in [0, 0.1) is 0 Å². The first kappa shape index (κ1) is 67.8. The fourth-order valence-corrected chi connectivity index (χ4v) is 9.37. The molecule has 0 heterocycles. The highest BCUT2D eigenvalue weighted by atomic mass is 16.5. The maximum Gasteiger partial charge on any atom is 0.305 e. The van der Waals surface area contributed by atoms with Crippen molar-refractivity contribution < 1.29 is 24.5 Å². The zero-order chi connectivity index (χ0) is 50.7. The van der Waals surface area contributed by atoms with Crippen molar-refractivity contribution in [1.29, 1.82) is 0 Å². The lowest BCUT2D eigenvalue weighted by molar-refractivity contribution is -0.143. The van der Waals surface area contributed by atoms with Crippen LogP contribution in [0.4, 0.5) is 0 Å². The van der Waals surface area contributed by atoms with Gasteiger partial charge in [-0.05, 0) is 77.0 Å². The van der Waals surface area contributed by atoms with Gasteiger partial charge < -0.3 is 20.3 Å². The zero-order valence-corrected chi connectivity index (χ0v) is 46.7. The van der Waals surface area contributed by atoms with Crippen molar-refractivity contribution in [2.75, 3.05) is 13.2 Å². The van der Waals surface area contributed by atoms with Crippen molar-refractivity contribution in [3.05, 3.63) is 48.6 Å². The number of rotatable bonds is 57. The maximum atomic E-state index is 12.5. The van der Waals surface area contributed by atoms with Gasteiger partial charge in [0.1, 0.15) is 0 Å². The van der Waals surface area contributed by atoms with Crippen LogP contribution in [0.2, 0.25) is 0 Å². The van der Waals surface area contributed by atoms with E-state index < -0.39 is 12.1 Å². The minimum Gasteiger partial charge on any atom is -0.466 e. The van der Waals surface area contributed by atoms with Crippen molar-refractivity contribution >= 4 is 11.9 Å². The number of allylic oxidation sites excluding steroid dienone is 8. The van der Waals surface area contributed by atoms with Crippen LogP contribution in [0.5, 0.6) is 0 Å². The Hall–Kier alpha value is -2.18. The van der Waals surface area contributed by atoms with E-state index in [1.165, 1.54) is 218 Å². The molecule has 70 heavy (non-hydrogen) atoms. The molecule has 0 aliphatic heterocycles. The third kappa shape index (κ3) is 55.1. The summed E-state index contributed by atoms with van der Waals surface area (Å²) in [5.41, 5.74) is 0. The highest BCUT2D eigenvalue weighted by Gasteiger charge is 2.20. The molecule has 410 valence electrons. The number of nitrogens with one attached hydrogen (secondary N) is 1. The van der Waals surface area contributed by atoms with Crippen molar-refractivity contribution in [1.82, 2.24) is 5.32 Å². The van der Waals surface area contributed by atoms with Gasteiger partial charge in [0.25, 0.3) is 0 Å². The average molecular weight is 983 g/mol. The lowest BCUT2D eigenvalue weighted by atomic mass is 10.0. The van der Waals surface area contributed by atoms with Crippen molar-refractivity contribution in [2.45, 2.75) is 334 Å². The van der Waals surface area contributed by atoms with Gasteiger partial charge in [-0.15, -0.1) is 0 Å². The Labute approximate surface area is 436 Å². The van der Waals surface area contributed by atoms with Gasteiger partial charge >= 0.3 is 5.97 Å². The molecule has 0 radical (unpaired) electrons. The molecule has 0 saturated carbocycles. The van der Waals surface area contributed by atoms with Gasteiger partial charge in [-0.2, -0.15) is 0 Å². The van der Waals surface area contributed by atoms with Crippen LogP contribution in [0.15, 0.2) is 48.6 Å². The summed E-state index contributed by atoms with van der Waals surface area (Å²) in [4.78, 5) is 24.5. The molecule has 0 aromatic rings. The third-order valence-corrected chi connectivity index (χ3v) is 14.1. The fourth-order valence-electron chi connectivity index (χ4n) is 9.37. The summed E-state index contributed by atoms with van der Waals surface area (Å²) in [6, 6.07) is -0.589. The largest absolute Gasteiger partial charge is 0.466 e. The SMILES string of the molecule is CCCCC/C=C\C/C=C\CCCCCCCC(=O)OCCCCCCCC/C=C\C/C=C\CCC(=O)NC(CO)C(O)CCCCCCCCCCCCCCCCCCCCCCCCCCC. The number of esters is 1. The van der Waals surface area contributed by atoms with E-state index in [0.29, 0.717) is 32.3 Å². The molecule has 3 N–H and O–H groups in total. The number of unbranched alkanes of at least 4 members (excludes halogenated alkanes) is 38. The van der Waals surface area contributed by atoms with E-state index in [1.54, 1.807) is 0 Å². The van der Waals surface area contributed by atoms with Gasteiger partial charge in [0.05, 0.1) is 25.4 Å². The molecule has 2 unspecified atom stereocenters. The minimum atomic E-state index is -0.702. The predicted octanol–water partition coefficient (Wildman–Crippen LogP) is 19.4. The molecule has 6 nitrogen and oxygen atoms in total. The van der Waals surface area contributed by atoms with E-state index in [0.717, 1.165) is 64.2 Å². The van der Waals surface area contributed by atoms with Gasteiger partial charge in [-0.1, -0.05) is 281 Å². The summed E-state index contributed by atoms with van der Waals surface area (Å²) in [6.45, 7) is 4.87. The monoisotopic (exact) mass is 982 g/mol. The summed E-state index contributed by atoms with van der Waals surface area (Å²) in [5, 5.41) is 23.3. The number of amides is 1. The van der Waals surface area contributed by atoms with Gasteiger partial charge in [-0.3, -0.25) is 9.59 Å². The van der Waals surface area contributed by atoms with E-state index >= 15 is 0 Å². The molecule has 0 fully saturated rings. The lowest BCUT2D eigenvalue weighted by Crippen LogP contribution is -2.45. The number of aliphatic hydroxyl groups is 2. The molecule has 1 amide bonds. The average Bonchev–Trinajstić information content (AvgIpc) is 3.36. The van der Waals surface area contributed by atoms with Gasteiger partial charge in [0.2, 0.25) is 5.91 Å². The number of hydrogen-bond donors (Lipinski definition) is 3. The summed E-state index contributed by atoms with van der Waals surface area (Å²) in [6.07, 6.45) is 75.6. The molecule has 6 heteroatoms. The zero-order valence-electron chi connectivity index (χ0n) is 46.7. The Balaban J connectivity index is 3.53. The van der Waals surface area contributed by atoms with E-state index in [9.17, 15) is 19.8 Å².